The van der Waals surface area contributed by atoms with Crippen LogP contribution in [0.2, 0.25) is 0 Å². The van der Waals surface area contributed by atoms with Gasteiger partial charge >= 0.3 is 0 Å². The summed E-state index contributed by atoms with van der Waals surface area (Å²) in [6.45, 7) is 3.12. The average Bonchev–Trinajstić information content (AvgIpc) is 3.70. The number of carbonyl (C=O) groups is 4. The van der Waals surface area contributed by atoms with Crippen molar-refractivity contribution in [2.75, 3.05) is 31.3 Å². The van der Waals surface area contributed by atoms with E-state index in [1.54, 1.807) is 13.1 Å². The van der Waals surface area contributed by atoms with Gasteiger partial charge in [-0.25, -0.2) is 0 Å². The van der Waals surface area contributed by atoms with E-state index in [1.807, 2.05) is 56.3 Å². The van der Waals surface area contributed by atoms with Gasteiger partial charge in [0.1, 0.15) is 24.5 Å². The first kappa shape index (κ1) is 32.2. The number of likely N-dealkylation sites (N-methyl/N-ethyl adjacent to an activating group) is 2. The van der Waals surface area contributed by atoms with Gasteiger partial charge < -0.3 is 35.8 Å². The van der Waals surface area contributed by atoms with Gasteiger partial charge in [-0.05, 0) is 71.4 Å². The summed E-state index contributed by atoms with van der Waals surface area (Å²) in [7, 11) is 8.78. The topological polar surface area (TPSA) is 166 Å². The molecule has 50 heavy (non-hydrogen) atoms. The summed E-state index contributed by atoms with van der Waals surface area (Å²) in [5, 5.41) is 44.8. The molecule has 0 saturated carbocycles. The molecule has 4 amide bonds. The largest absolute Gasteiger partial charge is 0.392 e. The zero-order valence-corrected chi connectivity index (χ0v) is 31.1. The van der Waals surface area contributed by atoms with E-state index in [-0.39, 0.29) is 11.8 Å². The smallest absolute Gasteiger partial charge is 0.265 e. The maximum absolute atomic E-state index is 15.2. The van der Waals surface area contributed by atoms with E-state index in [9.17, 15) is 24.9 Å². The maximum Gasteiger partial charge on any atom is 0.265 e. The molecule has 8 saturated heterocycles. The molecule has 2 spiro atoms. The number of fused-ring (bicyclic) bond motifs is 12. The van der Waals surface area contributed by atoms with E-state index >= 15 is 9.59 Å². The van der Waals surface area contributed by atoms with E-state index in [1.165, 1.54) is 48.2 Å². The van der Waals surface area contributed by atoms with Crippen LogP contribution in [0.15, 0.2) is 48.5 Å². The number of carbonyl (C=O) groups excluding carboxylic acids is 4. The number of piperazine rings is 2. The molecule has 262 valence electrons. The molecule has 0 radical (unpaired) electrons. The number of rotatable bonds is 3. The van der Waals surface area contributed by atoms with E-state index in [4.69, 9.17) is 0 Å². The Morgan fingerprint density at radius 1 is 0.700 bits per heavy atom. The molecule has 0 aliphatic carbocycles. The van der Waals surface area contributed by atoms with Crippen molar-refractivity contribution in [3.8, 4) is 0 Å². The standard InChI is InChI=1S/C32H32N6O7S5/c1-14(2)30-26(45)38-22-28(15-9-5-8-12-18(15)34-22,19(40)31(38,48-47-30)25(44)36(30)4)29-16-10-6-7-11-17(16)33-21(29)37-23(42)27(13-39)35(3)24(43)32(37,20(29)41)49-50-46-27/h5-12,14,19-22,33-34,39-41H,13H2,1-4H3. The van der Waals surface area contributed by atoms with Crippen molar-refractivity contribution >= 4 is 88.0 Å². The third-order valence-corrected chi connectivity index (χ3v) is 21.6. The normalized spacial score (nSPS) is 44.6. The second-order valence-electron chi connectivity index (χ2n) is 14.4. The second-order valence-corrected chi connectivity index (χ2v) is 21.4. The van der Waals surface area contributed by atoms with Crippen LogP contribution in [-0.4, -0.2) is 123 Å². The number of nitrogens with one attached hydrogen (secondary N) is 2. The van der Waals surface area contributed by atoms with Crippen LogP contribution in [0, 0.1) is 5.92 Å². The Balaban J connectivity index is 1.34. The van der Waals surface area contributed by atoms with E-state index < -0.39 is 79.2 Å². The van der Waals surface area contributed by atoms with Crippen LogP contribution in [0.25, 0.3) is 0 Å². The molecule has 8 fully saturated rings. The predicted octanol–water partition coefficient (Wildman–Crippen LogP) is 1.59. The molecule has 18 heteroatoms. The fraction of sp³-hybridized carbons (Fsp3) is 0.500. The average molecular weight is 773 g/mol. The van der Waals surface area contributed by atoms with E-state index in [2.05, 4.69) is 10.6 Å². The summed E-state index contributed by atoms with van der Waals surface area (Å²) in [6.07, 6.45) is -5.59. The number of amides is 4. The summed E-state index contributed by atoms with van der Waals surface area (Å²) >= 11 is 0. The Morgan fingerprint density at radius 2 is 1.20 bits per heavy atom. The molecule has 2 aromatic rings. The molecule has 5 N–H and O–H groups in total. The SMILES string of the molecule is CC(C)C12SSC3(C(=O)N1C)C(O)C1(C45c6ccccc6NC4N4C(=O)C6(CO)SSSC4(C(=O)N6C)C5O)c4ccccc4NC1N3C2=O. The van der Waals surface area contributed by atoms with Crippen LogP contribution < -0.4 is 10.6 Å². The lowest BCUT2D eigenvalue weighted by molar-refractivity contribution is -0.169. The first-order valence-electron chi connectivity index (χ1n) is 16.2. The molecule has 4 bridgehead atoms. The quantitative estimate of drug-likeness (QED) is 0.286. The van der Waals surface area contributed by atoms with Gasteiger partial charge in [-0.3, -0.25) is 29.0 Å². The first-order chi connectivity index (χ1) is 23.8. The summed E-state index contributed by atoms with van der Waals surface area (Å²) in [6, 6.07) is 14.6. The third kappa shape index (κ3) is 2.77. The number of aliphatic hydroxyl groups is 3. The first-order valence-corrected chi connectivity index (χ1v) is 21.8. The Kier molecular flexibility index (Phi) is 6.16. The number of hydrogen-bond donors (Lipinski definition) is 5. The lowest BCUT2D eigenvalue weighted by Gasteiger charge is -2.60. The van der Waals surface area contributed by atoms with Crippen molar-refractivity contribution < 1.29 is 34.5 Å². The van der Waals surface area contributed by atoms with Crippen LogP contribution >= 0.6 is 53.0 Å². The van der Waals surface area contributed by atoms with Crippen LogP contribution in [0.3, 0.4) is 0 Å². The summed E-state index contributed by atoms with van der Waals surface area (Å²) < 4.78 is 0. The molecule has 10 heterocycles. The van der Waals surface area contributed by atoms with E-state index in [0.29, 0.717) is 22.5 Å². The van der Waals surface area contributed by atoms with Gasteiger partial charge in [-0.2, -0.15) is 0 Å². The van der Waals surface area contributed by atoms with Gasteiger partial charge in [0, 0.05) is 25.5 Å². The summed E-state index contributed by atoms with van der Waals surface area (Å²) in [5.74, 6) is -2.21. The van der Waals surface area contributed by atoms with Crippen molar-refractivity contribution in [1.29, 1.82) is 0 Å². The van der Waals surface area contributed by atoms with Crippen molar-refractivity contribution in [2.45, 2.75) is 68.7 Å². The molecule has 10 unspecified atom stereocenters. The minimum Gasteiger partial charge on any atom is -0.392 e. The third-order valence-electron chi connectivity index (χ3n) is 12.7. The van der Waals surface area contributed by atoms with Crippen LogP contribution in [0.1, 0.15) is 25.0 Å². The van der Waals surface area contributed by atoms with Gasteiger partial charge in [0.25, 0.3) is 23.6 Å². The molecular formula is C32H32N6O7S5. The molecule has 0 aromatic heterocycles. The lowest BCUT2D eigenvalue weighted by Crippen LogP contribution is -2.79. The van der Waals surface area contributed by atoms with Crippen LogP contribution in [0.5, 0.6) is 0 Å². The van der Waals surface area contributed by atoms with Crippen LogP contribution in [0.4, 0.5) is 11.4 Å². The molecule has 10 aliphatic heterocycles. The Bertz CT molecular complexity index is 2000. The molecule has 10 atom stereocenters. The van der Waals surface area contributed by atoms with Gasteiger partial charge in [-0.15, -0.1) is 0 Å². The summed E-state index contributed by atoms with van der Waals surface area (Å²) in [4.78, 5) is 58.8. The second kappa shape index (κ2) is 9.55. The number of benzene rings is 2. The molecule has 13 nitrogen and oxygen atoms in total. The fourth-order valence-corrected chi connectivity index (χ4v) is 20.6. The Hall–Kier alpha value is -2.45. The highest BCUT2D eigenvalue weighted by Gasteiger charge is 2.92. The Labute approximate surface area is 306 Å². The van der Waals surface area contributed by atoms with Crippen LogP contribution in [-0.2, 0) is 30.0 Å². The molecule has 2 aromatic carbocycles. The number of aliphatic hydroxyl groups excluding tert-OH is 3. The van der Waals surface area contributed by atoms with Gasteiger partial charge in [0.15, 0.2) is 4.87 Å². The monoisotopic (exact) mass is 772 g/mol. The van der Waals surface area contributed by atoms with E-state index in [0.717, 1.165) is 31.4 Å². The van der Waals surface area contributed by atoms with Crippen molar-refractivity contribution in [3.05, 3.63) is 59.7 Å². The molecular weight excluding hydrogens is 741 g/mol. The number of nitrogens with zero attached hydrogens (tertiary/aromatic N) is 4. The predicted molar refractivity (Wildman–Crippen MR) is 193 cm³/mol. The van der Waals surface area contributed by atoms with Gasteiger partial charge in [0.05, 0.1) is 17.4 Å². The zero-order chi connectivity index (χ0) is 35.1. The lowest BCUT2D eigenvalue weighted by atomic mass is 9.52. The van der Waals surface area contributed by atoms with Crippen molar-refractivity contribution in [2.24, 2.45) is 5.92 Å². The fourth-order valence-electron chi connectivity index (χ4n) is 10.5. The minimum absolute atomic E-state index is 0.300. The number of para-hydroxylation sites is 2. The van der Waals surface area contributed by atoms with Crippen molar-refractivity contribution in [1.82, 2.24) is 19.6 Å². The van der Waals surface area contributed by atoms with Crippen molar-refractivity contribution in [3.63, 3.8) is 0 Å². The molecule has 12 rings (SSSR count). The highest BCUT2D eigenvalue weighted by atomic mass is 33.5. The van der Waals surface area contributed by atoms with Gasteiger partial charge in [0.2, 0.25) is 14.6 Å². The number of hydrogen-bond acceptors (Lipinski definition) is 14. The maximum atomic E-state index is 15.2. The zero-order valence-electron chi connectivity index (χ0n) is 27.0. The highest BCUT2D eigenvalue weighted by Crippen LogP contribution is 2.78. The van der Waals surface area contributed by atoms with Gasteiger partial charge in [-0.1, -0.05) is 61.0 Å². The number of anilines is 2. The Morgan fingerprint density at radius 3 is 1.74 bits per heavy atom. The minimum atomic E-state index is -1.91. The summed E-state index contributed by atoms with van der Waals surface area (Å²) in [5.41, 5.74) is -1.17. The molecule has 10 aliphatic rings. The highest BCUT2D eigenvalue weighted by molar-refractivity contribution is 9.10.